The highest BCUT2D eigenvalue weighted by atomic mass is 35.7. The summed E-state index contributed by atoms with van der Waals surface area (Å²) < 4.78 is 101. The SMILES string of the molecule is CCN(CC)CC.COCC1COC(=O)O1.COS(C)(=O)=O.CS(=O)(=O)Cl.F.O=C1OCC(CF)O1.O=C1OCC(CO)O1.O=S=O. The van der Waals surface area contributed by atoms with Crippen molar-refractivity contribution >= 4 is 59.9 Å². The molecule has 47 heavy (non-hydrogen) atoms. The summed E-state index contributed by atoms with van der Waals surface area (Å²) in [6.07, 6.45) is -1.46. The van der Waals surface area contributed by atoms with E-state index in [0.717, 1.165) is 19.6 Å². The van der Waals surface area contributed by atoms with Crippen molar-refractivity contribution in [2.24, 2.45) is 0 Å². The van der Waals surface area contributed by atoms with Crippen molar-refractivity contribution in [3.63, 3.8) is 0 Å². The minimum Gasteiger partial charge on any atom is -0.430 e. The molecule has 3 aliphatic heterocycles. The molecule has 0 aromatic carbocycles. The number of ether oxygens (including phenoxy) is 7. The second-order valence-electron chi connectivity index (χ2n) is 7.93. The van der Waals surface area contributed by atoms with Crippen molar-refractivity contribution in [3.8, 4) is 0 Å². The quantitative estimate of drug-likeness (QED) is 0.155. The summed E-state index contributed by atoms with van der Waals surface area (Å²) in [5, 5.41) is 8.33. The van der Waals surface area contributed by atoms with Crippen LogP contribution < -0.4 is 0 Å². The smallest absolute Gasteiger partial charge is 0.430 e. The van der Waals surface area contributed by atoms with E-state index in [1.54, 1.807) is 7.11 Å². The summed E-state index contributed by atoms with van der Waals surface area (Å²) in [6, 6.07) is 0. The van der Waals surface area contributed by atoms with E-state index in [1.807, 2.05) is 0 Å². The molecule has 0 aromatic heterocycles. The Balaban J connectivity index is -0.000000148. The van der Waals surface area contributed by atoms with Crippen molar-refractivity contribution in [3.05, 3.63) is 0 Å². The van der Waals surface area contributed by atoms with Crippen molar-refractivity contribution in [1.29, 1.82) is 0 Å². The minimum atomic E-state index is -3.19. The number of carbonyl (C=O) groups excluding carboxylic acids is 3. The van der Waals surface area contributed by atoms with Gasteiger partial charge in [0.25, 0.3) is 10.1 Å². The van der Waals surface area contributed by atoms with E-state index in [9.17, 15) is 35.6 Å². The third-order valence-corrected chi connectivity index (χ3v) is 4.93. The van der Waals surface area contributed by atoms with Crippen LogP contribution in [-0.4, -0.2) is 158 Å². The van der Waals surface area contributed by atoms with Gasteiger partial charge in [0, 0.05) is 17.8 Å². The first kappa shape index (κ1) is 54.0. The zero-order valence-corrected chi connectivity index (χ0v) is 30.0. The van der Waals surface area contributed by atoms with E-state index in [4.69, 9.17) is 18.3 Å². The number of alkyl halides is 1. The number of hydrogen-bond acceptors (Lipinski definition) is 19. The van der Waals surface area contributed by atoms with E-state index >= 15 is 0 Å². The van der Waals surface area contributed by atoms with Gasteiger partial charge in [-0.2, -0.15) is 16.8 Å². The Morgan fingerprint density at radius 1 is 0.830 bits per heavy atom. The first-order valence-corrected chi connectivity index (χ1v) is 18.0. The molecule has 19 nitrogen and oxygen atoms in total. The first-order chi connectivity index (χ1) is 21.3. The summed E-state index contributed by atoms with van der Waals surface area (Å²) in [5.41, 5.74) is 0. The van der Waals surface area contributed by atoms with Crippen molar-refractivity contribution < 1.29 is 91.2 Å². The van der Waals surface area contributed by atoms with E-state index in [0.29, 0.717) is 13.2 Å². The Labute approximate surface area is 280 Å². The molecule has 3 atom stereocenters. The third-order valence-electron chi connectivity index (χ3n) is 4.32. The predicted molar refractivity (Wildman–Crippen MR) is 161 cm³/mol. The molecule has 0 amide bonds. The van der Waals surface area contributed by atoms with E-state index in [-0.39, 0.29) is 30.6 Å². The van der Waals surface area contributed by atoms with Crippen LogP contribution in [0.3, 0.4) is 0 Å². The van der Waals surface area contributed by atoms with Crippen LogP contribution in [0.2, 0.25) is 0 Å². The molecule has 0 saturated carbocycles. The Hall–Kier alpha value is -2.48. The molecule has 3 heterocycles. The molecule has 3 saturated heterocycles. The third kappa shape index (κ3) is 45.7. The Kier molecular flexibility index (Phi) is 38.4. The van der Waals surface area contributed by atoms with Gasteiger partial charge < -0.3 is 43.2 Å². The lowest BCUT2D eigenvalue weighted by Crippen LogP contribution is -2.21. The normalized spacial score (nSPS) is 18.6. The molecule has 0 bridgehead atoms. The molecule has 1 N–H and O–H groups in total. The number of carbonyl (C=O) groups is 3. The highest BCUT2D eigenvalue weighted by molar-refractivity contribution is 8.13. The zero-order valence-electron chi connectivity index (χ0n) is 26.8. The highest BCUT2D eigenvalue weighted by Gasteiger charge is 2.25. The molecule has 3 aliphatic rings. The molecule has 0 aliphatic carbocycles. The van der Waals surface area contributed by atoms with Crippen LogP contribution in [0.25, 0.3) is 0 Å². The first-order valence-electron chi connectivity index (χ1n) is 12.8. The second kappa shape index (κ2) is 33.4. The number of nitrogens with zero attached hydrogens (tertiary/aromatic N) is 1. The summed E-state index contributed by atoms with van der Waals surface area (Å²) in [4.78, 5) is 32.7. The fraction of sp³-hybridized carbons (Fsp3) is 0.864. The average molecular weight is 780 g/mol. The number of aliphatic hydroxyl groups is 1. The van der Waals surface area contributed by atoms with Gasteiger partial charge in [-0.15, -0.1) is 0 Å². The van der Waals surface area contributed by atoms with E-state index < -0.39 is 68.1 Å². The monoisotopic (exact) mass is 779 g/mol. The number of rotatable bonds is 8. The van der Waals surface area contributed by atoms with Crippen LogP contribution in [-0.2, 0) is 68.1 Å². The highest BCUT2D eigenvalue weighted by Crippen LogP contribution is 2.06. The largest absolute Gasteiger partial charge is 0.508 e. The van der Waals surface area contributed by atoms with Gasteiger partial charge in [-0.25, -0.2) is 27.2 Å². The van der Waals surface area contributed by atoms with Crippen LogP contribution >= 0.6 is 10.7 Å². The van der Waals surface area contributed by atoms with Gasteiger partial charge in [0.05, 0.1) is 32.8 Å². The molecule has 3 rings (SSSR count). The summed E-state index contributed by atoms with van der Waals surface area (Å²) >= 11 is -0.750. The second-order valence-corrected chi connectivity index (χ2v) is 12.9. The van der Waals surface area contributed by atoms with Crippen LogP contribution in [0.15, 0.2) is 0 Å². The lowest BCUT2D eigenvalue weighted by Gasteiger charge is -2.13. The van der Waals surface area contributed by atoms with Gasteiger partial charge in [-0.1, -0.05) is 20.8 Å². The molecule has 25 heteroatoms. The van der Waals surface area contributed by atoms with Gasteiger partial charge in [0.1, 0.15) is 26.5 Å². The molecule has 0 radical (unpaired) electrons. The average Bonchev–Trinajstić information content (AvgIpc) is 3.71. The van der Waals surface area contributed by atoms with Gasteiger partial charge >= 0.3 is 30.0 Å². The van der Waals surface area contributed by atoms with Gasteiger partial charge in [-0.3, -0.25) is 8.89 Å². The lowest BCUT2D eigenvalue weighted by atomic mass is 10.4. The zero-order chi connectivity index (χ0) is 36.8. The maximum absolute atomic E-state index is 11.5. The van der Waals surface area contributed by atoms with Gasteiger partial charge in [0.15, 0.2) is 18.3 Å². The maximum Gasteiger partial charge on any atom is 0.508 e. The fourth-order valence-corrected chi connectivity index (χ4v) is 2.20. The molecule has 0 spiro atoms. The summed E-state index contributed by atoms with van der Waals surface area (Å²) in [5.74, 6) is 0. The van der Waals surface area contributed by atoms with Crippen LogP contribution in [0.4, 0.5) is 23.5 Å². The van der Waals surface area contributed by atoms with Crippen molar-refractivity contribution in [2.75, 3.05) is 86.1 Å². The molecular weight excluding hydrogens is 736 g/mol. The number of methoxy groups -OCH3 is 1. The van der Waals surface area contributed by atoms with Crippen molar-refractivity contribution in [1.82, 2.24) is 4.90 Å². The van der Waals surface area contributed by atoms with Crippen LogP contribution in [0.1, 0.15) is 20.8 Å². The number of cyclic esters (lactones) is 6. The van der Waals surface area contributed by atoms with Crippen LogP contribution in [0.5, 0.6) is 0 Å². The van der Waals surface area contributed by atoms with Gasteiger partial charge in [-0.05, 0) is 19.6 Å². The number of hydrogen-bond donors (Lipinski definition) is 1. The Bertz CT molecular complexity index is 1020. The number of aliphatic hydroxyl groups excluding tert-OH is 1. The van der Waals surface area contributed by atoms with E-state index in [2.05, 4.69) is 69.0 Å². The Morgan fingerprint density at radius 2 is 1.13 bits per heavy atom. The minimum absolute atomic E-state index is 0. The maximum atomic E-state index is 11.5. The predicted octanol–water partition coefficient (Wildman–Crippen LogP) is 0.781. The molecular formula is C22H44ClF2NO18S3. The summed E-state index contributed by atoms with van der Waals surface area (Å²) in [6.45, 7) is 10.3. The fourth-order valence-electron chi connectivity index (χ4n) is 2.20. The Morgan fingerprint density at radius 3 is 1.26 bits per heavy atom. The van der Waals surface area contributed by atoms with Crippen molar-refractivity contribution in [2.45, 2.75) is 39.1 Å². The molecule has 0 aromatic rings. The summed E-state index contributed by atoms with van der Waals surface area (Å²) in [7, 11) is 0.814. The van der Waals surface area contributed by atoms with Gasteiger partial charge in [0.2, 0.25) is 9.05 Å². The van der Waals surface area contributed by atoms with Crippen LogP contribution in [0, 0.1) is 0 Å². The topological polar surface area (TPSA) is 251 Å². The van der Waals surface area contributed by atoms with E-state index in [1.165, 1.54) is 19.6 Å². The standard InChI is InChI=1S/C6H15N.C5H8O4.C4H5FO3.C4H6O4.C2H6O3S.CH3ClO2S.FH.O2S/c1-4-7(5-2)6-3;1-7-2-4-3-8-5(6)9-4;2*5-1-3-2-7-4(6)8-3;1-5-6(2,3)4;1-5(2,3)4;;1-3-2/h4-6H2,1-3H3;4H,2-3H2,1H3;3H,1-2H2;3,5H,1-2H2;1-2H3;1H3;1H;. The molecule has 3 unspecified atom stereocenters. The lowest BCUT2D eigenvalue weighted by molar-refractivity contribution is 0.0709. The molecule has 284 valence electrons. The molecule has 3 fully saturated rings. The number of halogens is 3.